The molecule has 0 spiro atoms. The Labute approximate surface area is 457 Å². The van der Waals surface area contributed by atoms with Crippen LogP contribution in [0.5, 0.6) is 0 Å². The molecule has 2 atom stereocenters. The maximum Gasteiger partial charge on any atom is 0.310 e. The van der Waals surface area contributed by atoms with Gasteiger partial charge in [0, 0.05) is 6.42 Å². The van der Waals surface area contributed by atoms with Gasteiger partial charge in [0.1, 0.15) is 19.8 Å². The second-order valence-electron chi connectivity index (χ2n) is 22.1. The number of hydrogen-bond donors (Lipinski definition) is 0. The number of carbonyl (C=O) groups is 2. The van der Waals surface area contributed by atoms with E-state index in [0.717, 1.165) is 44.9 Å². The largest absolute Gasteiger partial charge is 0.756 e. The number of carbonyl (C=O) groups excluding carboxylic acids is 2. The second-order valence-corrected chi connectivity index (χ2v) is 23.5. The van der Waals surface area contributed by atoms with Crippen LogP contribution < -0.4 is 4.89 Å². The third kappa shape index (κ3) is 59.0. The van der Waals surface area contributed by atoms with Crippen molar-refractivity contribution in [2.45, 2.75) is 290 Å². The quantitative estimate of drug-likeness (QED) is 0.0195. The van der Waals surface area contributed by atoms with Crippen LogP contribution in [0, 0.1) is 0 Å². The Morgan fingerprint density at radius 2 is 0.757 bits per heavy atom. The van der Waals surface area contributed by atoms with Crippen LogP contribution >= 0.6 is 7.82 Å². The number of quaternary nitrogens is 1. The van der Waals surface area contributed by atoms with Gasteiger partial charge in [0.05, 0.1) is 34.2 Å². The van der Waals surface area contributed by atoms with E-state index in [1.807, 2.05) is 33.3 Å². The molecular formula is C64H118NO8P. The van der Waals surface area contributed by atoms with Crippen LogP contribution in [0.4, 0.5) is 0 Å². The smallest absolute Gasteiger partial charge is 0.310 e. The van der Waals surface area contributed by atoms with Gasteiger partial charge in [0.2, 0.25) is 0 Å². The van der Waals surface area contributed by atoms with Crippen molar-refractivity contribution in [3.63, 3.8) is 0 Å². The number of likely N-dealkylation sites (N-methyl/N-ethyl adjacent to an activating group) is 1. The predicted octanol–water partition coefficient (Wildman–Crippen LogP) is 18.9. The first-order valence-electron chi connectivity index (χ1n) is 31.0. The van der Waals surface area contributed by atoms with E-state index in [1.165, 1.54) is 205 Å². The third-order valence-electron chi connectivity index (χ3n) is 13.6. The van der Waals surface area contributed by atoms with Gasteiger partial charge in [-0.2, -0.15) is 0 Å². The van der Waals surface area contributed by atoms with Crippen LogP contribution in [0.3, 0.4) is 0 Å². The van der Waals surface area contributed by atoms with Gasteiger partial charge < -0.3 is 27.9 Å². The summed E-state index contributed by atoms with van der Waals surface area (Å²) in [5.41, 5.74) is 0. The lowest BCUT2D eigenvalue weighted by molar-refractivity contribution is -0.870. The van der Waals surface area contributed by atoms with E-state index < -0.39 is 32.5 Å². The fraction of sp³-hybridized carbons (Fsp3) is 0.812. The zero-order valence-corrected chi connectivity index (χ0v) is 49.9. The lowest BCUT2D eigenvalue weighted by Crippen LogP contribution is -2.37. The summed E-state index contributed by atoms with van der Waals surface area (Å²) in [4.78, 5) is 37.7. The van der Waals surface area contributed by atoms with E-state index in [1.54, 1.807) is 6.08 Å². The average molecular weight is 1060 g/mol. The fourth-order valence-corrected chi connectivity index (χ4v) is 9.58. The van der Waals surface area contributed by atoms with Crippen molar-refractivity contribution in [2.75, 3.05) is 47.5 Å². The molecule has 2 unspecified atom stereocenters. The van der Waals surface area contributed by atoms with Gasteiger partial charge in [-0.3, -0.25) is 14.2 Å². The summed E-state index contributed by atoms with van der Waals surface area (Å²) in [7, 11) is 1.11. The maximum atomic E-state index is 12.7. The highest BCUT2D eigenvalue weighted by atomic mass is 31.2. The first-order chi connectivity index (χ1) is 36.0. The van der Waals surface area contributed by atoms with Crippen LogP contribution in [0.2, 0.25) is 0 Å². The summed E-state index contributed by atoms with van der Waals surface area (Å²) in [5.74, 6) is -0.973. The molecule has 0 N–H and O–H groups in total. The van der Waals surface area contributed by atoms with Gasteiger partial charge in [-0.05, 0) is 38.5 Å². The zero-order chi connectivity index (χ0) is 54.2. The summed E-state index contributed by atoms with van der Waals surface area (Å²) in [6.07, 6.45) is 72.1. The molecule has 0 aromatic rings. The summed E-state index contributed by atoms with van der Waals surface area (Å²) in [6.45, 7) is 4.04. The molecule has 0 amide bonds. The standard InChI is InChI=1S/C64H118NO8P/c1-6-8-10-12-14-16-18-20-22-23-24-25-26-27-28-29-30-31-32-33-34-35-36-37-38-39-40-41-43-44-46-48-50-52-54-56-63(66)70-60-62(61-72-74(68,69)71-59-58-65(3,4)5)73-64(67)57-55-53-51-49-47-45-42-21-19-17-15-13-11-9-7-2/h9,11,15,17,21,42,47,49,53,55,62H,6-8,10,12-14,16,18-20,22-41,43-46,48,50-52,54,56-61H2,1-5H3/b11-9-,17-15-,42-21-,49-47-,55-53-. The predicted molar refractivity (Wildman–Crippen MR) is 314 cm³/mol. The van der Waals surface area contributed by atoms with E-state index in [4.69, 9.17) is 18.5 Å². The van der Waals surface area contributed by atoms with E-state index in [2.05, 4.69) is 56.4 Å². The highest BCUT2D eigenvalue weighted by Crippen LogP contribution is 2.38. The van der Waals surface area contributed by atoms with Crippen molar-refractivity contribution < 1.29 is 42.1 Å². The van der Waals surface area contributed by atoms with Crippen molar-refractivity contribution in [3.05, 3.63) is 60.8 Å². The first-order valence-corrected chi connectivity index (χ1v) is 32.5. The Bertz CT molecular complexity index is 1430. The minimum atomic E-state index is -4.66. The summed E-state index contributed by atoms with van der Waals surface area (Å²) < 4.78 is 34.0. The Morgan fingerprint density at radius 3 is 1.09 bits per heavy atom. The van der Waals surface area contributed by atoms with Crippen molar-refractivity contribution in [3.8, 4) is 0 Å². The SMILES string of the molecule is CC/C=C\C/C=C\C/C=C\C/C=C\C/C=C\CC(=O)OC(COC(=O)CCCCCCCCCCCCCCCCCCCCCCCCCCCCCCCCCCCCC)COP(=O)([O-])OCC[N+](C)(C)C. The molecule has 0 radical (unpaired) electrons. The highest BCUT2D eigenvalue weighted by Gasteiger charge is 2.21. The van der Waals surface area contributed by atoms with Crippen LogP contribution in [0.15, 0.2) is 60.8 Å². The van der Waals surface area contributed by atoms with E-state index >= 15 is 0 Å². The van der Waals surface area contributed by atoms with Crippen molar-refractivity contribution >= 4 is 19.8 Å². The van der Waals surface area contributed by atoms with Crippen LogP contribution in [-0.4, -0.2) is 70.0 Å². The number of allylic oxidation sites excluding steroid dienone is 9. The van der Waals surface area contributed by atoms with E-state index in [9.17, 15) is 19.0 Å². The molecule has 10 heteroatoms. The molecule has 0 heterocycles. The lowest BCUT2D eigenvalue weighted by atomic mass is 10.0. The van der Waals surface area contributed by atoms with Gasteiger partial charge >= 0.3 is 11.9 Å². The Morgan fingerprint density at radius 1 is 0.432 bits per heavy atom. The molecule has 0 aliphatic heterocycles. The monoisotopic (exact) mass is 1060 g/mol. The van der Waals surface area contributed by atoms with E-state index in [0.29, 0.717) is 17.4 Å². The topological polar surface area (TPSA) is 111 Å². The summed E-state index contributed by atoms with van der Waals surface area (Å²) in [6, 6.07) is 0. The van der Waals surface area contributed by atoms with Crippen LogP contribution in [0.25, 0.3) is 0 Å². The minimum Gasteiger partial charge on any atom is -0.756 e. The Balaban J connectivity index is 3.97. The maximum absolute atomic E-state index is 12.7. The molecule has 0 rings (SSSR count). The lowest BCUT2D eigenvalue weighted by Gasteiger charge is -2.28. The molecule has 0 saturated heterocycles. The third-order valence-corrected chi connectivity index (χ3v) is 14.5. The summed E-state index contributed by atoms with van der Waals surface area (Å²) >= 11 is 0. The average Bonchev–Trinajstić information content (AvgIpc) is 3.36. The van der Waals surface area contributed by atoms with Gasteiger partial charge in [-0.15, -0.1) is 0 Å². The fourth-order valence-electron chi connectivity index (χ4n) is 8.85. The Kier molecular flexibility index (Phi) is 53.7. The zero-order valence-electron chi connectivity index (χ0n) is 49.0. The number of esters is 2. The summed E-state index contributed by atoms with van der Waals surface area (Å²) in [5, 5.41) is 0. The molecule has 0 aromatic heterocycles. The van der Waals surface area contributed by atoms with Gasteiger partial charge in [0.15, 0.2) is 6.10 Å². The first kappa shape index (κ1) is 71.7. The molecule has 0 aromatic carbocycles. The molecule has 0 aliphatic carbocycles. The van der Waals surface area contributed by atoms with Crippen molar-refractivity contribution in [1.29, 1.82) is 0 Å². The molecule has 0 aliphatic rings. The van der Waals surface area contributed by atoms with Crippen LogP contribution in [-0.2, 0) is 32.7 Å². The van der Waals surface area contributed by atoms with Gasteiger partial charge in [0.25, 0.3) is 7.82 Å². The number of ether oxygens (including phenoxy) is 2. The molecular weight excluding hydrogens is 942 g/mol. The highest BCUT2D eigenvalue weighted by molar-refractivity contribution is 7.45. The molecule has 9 nitrogen and oxygen atoms in total. The van der Waals surface area contributed by atoms with Gasteiger partial charge in [-0.1, -0.05) is 293 Å². The molecule has 0 saturated carbocycles. The minimum absolute atomic E-state index is 0.00720. The van der Waals surface area contributed by atoms with Crippen LogP contribution in [0.1, 0.15) is 284 Å². The molecule has 0 bridgehead atoms. The molecule has 432 valence electrons. The Hall–Kier alpha value is -2.29. The van der Waals surface area contributed by atoms with E-state index in [-0.39, 0.29) is 26.1 Å². The van der Waals surface area contributed by atoms with Gasteiger partial charge in [-0.25, -0.2) is 0 Å². The number of nitrogens with zero attached hydrogens (tertiary/aromatic N) is 1. The molecule has 74 heavy (non-hydrogen) atoms. The normalized spacial score (nSPS) is 13.6. The number of phosphoric ester groups is 1. The molecule has 0 fully saturated rings. The number of hydrogen-bond acceptors (Lipinski definition) is 8. The number of rotatable bonds is 57. The number of unbranched alkanes of at least 4 members (excludes halogenated alkanes) is 34. The van der Waals surface area contributed by atoms with Crippen molar-refractivity contribution in [2.24, 2.45) is 0 Å². The van der Waals surface area contributed by atoms with Crippen molar-refractivity contribution in [1.82, 2.24) is 0 Å². The number of phosphoric acid groups is 1. The second kappa shape index (κ2) is 55.5.